The number of para-hydroxylation sites is 2. The zero-order valence-electron chi connectivity index (χ0n) is 16.4. The van der Waals surface area contributed by atoms with Gasteiger partial charge < -0.3 is 14.6 Å². The second-order valence-electron chi connectivity index (χ2n) is 6.53. The number of carbonyl (C=O) groups is 1. The molecule has 0 spiro atoms. The number of aromatic nitrogens is 2. The van der Waals surface area contributed by atoms with Crippen molar-refractivity contribution in [1.82, 2.24) is 13.9 Å². The fourth-order valence-electron chi connectivity index (χ4n) is 2.61. The quantitative estimate of drug-likeness (QED) is 0.520. The number of ether oxygens (including phenoxy) is 1. The maximum Gasteiger partial charge on any atom is 0.255 e. The maximum absolute atomic E-state index is 12.8. The molecule has 0 bridgehead atoms. The summed E-state index contributed by atoms with van der Waals surface area (Å²) in [7, 11) is -0.831. The number of hydrogen-bond donors (Lipinski definition) is 1. The van der Waals surface area contributed by atoms with Gasteiger partial charge in [-0.2, -0.15) is 0 Å². The first-order valence-corrected chi connectivity index (χ1v) is 11.2. The SMILES string of the molecule is CN(C)S(=O)(=O)c1cc(C(=O)Nc2ccccc2OCCn2ccnc2)ccc1Br. The van der Waals surface area contributed by atoms with Crippen LogP contribution in [0.1, 0.15) is 10.4 Å². The van der Waals surface area contributed by atoms with Crippen LogP contribution in [0.25, 0.3) is 0 Å². The normalized spacial score (nSPS) is 11.5. The number of benzene rings is 2. The minimum absolute atomic E-state index is 0.0185. The summed E-state index contributed by atoms with van der Waals surface area (Å²) in [6.07, 6.45) is 5.23. The first kappa shape index (κ1) is 22.0. The van der Waals surface area contributed by atoms with Crippen molar-refractivity contribution in [3.63, 3.8) is 0 Å². The fraction of sp³-hybridized carbons (Fsp3) is 0.200. The highest BCUT2D eigenvalue weighted by Crippen LogP contribution is 2.27. The van der Waals surface area contributed by atoms with Crippen LogP contribution in [0.3, 0.4) is 0 Å². The topological polar surface area (TPSA) is 93.5 Å². The Hall–Kier alpha value is -2.69. The van der Waals surface area contributed by atoms with Crippen LogP contribution in [0.2, 0.25) is 0 Å². The molecule has 3 rings (SSSR count). The molecule has 0 unspecified atom stereocenters. The Morgan fingerprint density at radius 2 is 2.00 bits per heavy atom. The van der Waals surface area contributed by atoms with E-state index in [0.717, 1.165) is 4.31 Å². The van der Waals surface area contributed by atoms with Gasteiger partial charge in [-0.3, -0.25) is 4.79 Å². The van der Waals surface area contributed by atoms with Crippen LogP contribution >= 0.6 is 15.9 Å². The van der Waals surface area contributed by atoms with Gasteiger partial charge in [0, 0.05) is 36.5 Å². The van der Waals surface area contributed by atoms with E-state index in [0.29, 0.717) is 29.1 Å². The van der Waals surface area contributed by atoms with E-state index in [2.05, 4.69) is 26.2 Å². The third-order valence-corrected chi connectivity index (χ3v) is 7.06. The second-order valence-corrected chi connectivity index (χ2v) is 9.51. The summed E-state index contributed by atoms with van der Waals surface area (Å²) in [6, 6.07) is 11.5. The van der Waals surface area contributed by atoms with E-state index >= 15 is 0 Å². The Bertz CT molecular complexity index is 1130. The molecular weight excluding hydrogens is 472 g/mol. The largest absolute Gasteiger partial charge is 0.490 e. The first-order valence-electron chi connectivity index (χ1n) is 9.00. The van der Waals surface area contributed by atoms with E-state index in [1.165, 1.54) is 20.2 Å². The van der Waals surface area contributed by atoms with Crippen LogP contribution in [-0.2, 0) is 16.6 Å². The molecule has 1 aromatic heterocycles. The molecule has 8 nitrogen and oxygen atoms in total. The third kappa shape index (κ3) is 5.07. The lowest BCUT2D eigenvalue weighted by Gasteiger charge is -2.15. The Labute approximate surface area is 183 Å². The summed E-state index contributed by atoms with van der Waals surface area (Å²) in [5, 5.41) is 2.79. The second kappa shape index (κ2) is 9.41. The molecule has 1 amide bonds. The van der Waals surface area contributed by atoms with Crippen molar-refractivity contribution in [3.05, 3.63) is 71.2 Å². The molecule has 2 aromatic carbocycles. The average Bonchev–Trinajstić information content (AvgIpc) is 3.22. The van der Waals surface area contributed by atoms with E-state index in [1.54, 1.807) is 42.9 Å². The molecule has 0 atom stereocenters. The number of anilines is 1. The maximum atomic E-state index is 12.8. The smallest absolute Gasteiger partial charge is 0.255 e. The van der Waals surface area contributed by atoms with Crippen LogP contribution in [0.4, 0.5) is 5.69 Å². The van der Waals surface area contributed by atoms with Crippen molar-refractivity contribution in [2.24, 2.45) is 0 Å². The van der Waals surface area contributed by atoms with Gasteiger partial charge in [-0.05, 0) is 46.3 Å². The lowest BCUT2D eigenvalue weighted by molar-refractivity contribution is 0.102. The number of amides is 1. The molecule has 0 fully saturated rings. The predicted molar refractivity (Wildman–Crippen MR) is 117 cm³/mol. The molecule has 10 heteroatoms. The van der Waals surface area contributed by atoms with Crippen LogP contribution in [0, 0.1) is 0 Å². The number of halogens is 1. The van der Waals surface area contributed by atoms with Crippen LogP contribution < -0.4 is 10.1 Å². The molecule has 0 aliphatic heterocycles. The Morgan fingerprint density at radius 3 is 2.70 bits per heavy atom. The highest BCUT2D eigenvalue weighted by Gasteiger charge is 2.22. The van der Waals surface area contributed by atoms with E-state index in [-0.39, 0.29) is 10.5 Å². The lowest BCUT2D eigenvalue weighted by Crippen LogP contribution is -2.23. The van der Waals surface area contributed by atoms with Gasteiger partial charge in [0.1, 0.15) is 12.4 Å². The summed E-state index contributed by atoms with van der Waals surface area (Å²) in [6.45, 7) is 1.01. The third-order valence-electron chi connectivity index (χ3n) is 4.25. The number of carbonyl (C=O) groups excluding carboxylic acids is 1. The molecule has 0 saturated heterocycles. The standard InChI is InChI=1S/C20H21BrN4O4S/c1-24(2)30(27,28)19-13-15(7-8-16(19)21)20(26)23-17-5-3-4-6-18(17)29-12-11-25-10-9-22-14-25/h3-10,13-14H,11-12H2,1-2H3,(H,23,26). The Balaban J connectivity index is 1.76. The van der Waals surface area contributed by atoms with Crippen LogP contribution in [-0.4, -0.2) is 48.9 Å². The number of rotatable bonds is 8. The molecule has 0 radical (unpaired) electrons. The van der Waals surface area contributed by atoms with Gasteiger partial charge in [0.05, 0.1) is 23.5 Å². The summed E-state index contributed by atoms with van der Waals surface area (Å²) < 4.78 is 34.2. The van der Waals surface area contributed by atoms with Gasteiger partial charge in [-0.25, -0.2) is 17.7 Å². The first-order chi connectivity index (χ1) is 14.3. The monoisotopic (exact) mass is 492 g/mol. The van der Waals surface area contributed by atoms with Crippen molar-refractivity contribution in [1.29, 1.82) is 0 Å². The number of nitrogens with zero attached hydrogens (tertiary/aromatic N) is 3. The number of imidazole rings is 1. The molecule has 0 saturated carbocycles. The molecule has 1 heterocycles. The summed E-state index contributed by atoms with van der Waals surface area (Å²) in [5.74, 6) is 0.0765. The number of sulfonamides is 1. The molecule has 158 valence electrons. The molecule has 3 aromatic rings. The molecule has 1 N–H and O–H groups in total. The Kier molecular flexibility index (Phi) is 6.91. The van der Waals surface area contributed by atoms with Gasteiger partial charge >= 0.3 is 0 Å². The van der Waals surface area contributed by atoms with Crippen molar-refractivity contribution in [2.75, 3.05) is 26.0 Å². The zero-order chi connectivity index (χ0) is 21.7. The van der Waals surface area contributed by atoms with Crippen LogP contribution in [0.5, 0.6) is 5.75 Å². The number of nitrogens with one attached hydrogen (secondary N) is 1. The van der Waals surface area contributed by atoms with Crippen molar-refractivity contribution < 1.29 is 17.9 Å². The summed E-state index contributed by atoms with van der Waals surface area (Å²) in [5.41, 5.74) is 0.708. The lowest BCUT2D eigenvalue weighted by atomic mass is 10.2. The minimum Gasteiger partial charge on any atom is -0.490 e. The number of hydrogen-bond acceptors (Lipinski definition) is 5. The fourth-order valence-corrected chi connectivity index (χ4v) is 4.45. The summed E-state index contributed by atoms with van der Waals surface area (Å²) in [4.78, 5) is 16.8. The van der Waals surface area contributed by atoms with E-state index < -0.39 is 15.9 Å². The highest BCUT2D eigenvalue weighted by molar-refractivity contribution is 9.10. The zero-order valence-corrected chi connectivity index (χ0v) is 18.9. The van der Waals surface area contributed by atoms with Gasteiger partial charge in [-0.1, -0.05) is 12.1 Å². The van der Waals surface area contributed by atoms with Crippen LogP contribution in [0.15, 0.2) is 70.6 Å². The van der Waals surface area contributed by atoms with Crippen molar-refractivity contribution in [3.8, 4) is 5.75 Å². The minimum atomic E-state index is -3.70. The van der Waals surface area contributed by atoms with Gasteiger partial charge in [0.25, 0.3) is 5.91 Å². The van der Waals surface area contributed by atoms with Crippen molar-refractivity contribution >= 4 is 37.5 Å². The van der Waals surface area contributed by atoms with Crippen molar-refractivity contribution in [2.45, 2.75) is 11.4 Å². The van der Waals surface area contributed by atoms with Gasteiger partial charge in [0.2, 0.25) is 10.0 Å². The molecule has 0 aliphatic carbocycles. The van der Waals surface area contributed by atoms with Gasteiger partial charge in [0.15, 0.2) is 0 Å². The van der Waals surface area contributed by atoms with Gasteiger partial charge in [-0.15, -0.1) is 0 Å². The summed E-state index contributed by atoms with van der Waals surface area (Å²) >= 11 is 3.24. The molecule has 30 heavy (non-hydrogen) atoms. The van der Waals surface area contributed by atoms with E-state index in [9.17, 15) is 13.2 Å². The average molecular weight is 493 g/mol. The Morgan fingerprint density at radius 1 is 1.23 bits per heavy atom. The predicted octanol–water partition coefficient (Wildman–Crippen LogP) is 3.23. The molecular formula is C20H21BrN4O4S. The van der Waals surface area contributed by atoms with E-state index in [4.69, 9.17) is 4.74 Å². The molecule has 0 aliphatic rings. The highest BCUT2D eigenvalue weighted by atomic mass is 79.9. The van der Waals surface area contributed by atoms with E-state index in [1.807, 2.05) is 16.8 Å².